The maximum Gasteiger partial charge on any atom is 0.237 e. The van der Waals surface area contributed by atoms with E-state index in [1.807, 2.05) is 12.1 Å². The fourth-order valence-electron chi connectivity index (χ4n) is 2.43. The summed E-state index contributed by atoms with van der Waals surface area (Å²) in [5, 5.41) is 6.14. The number of anilines is 1. The highest BCUT2D eigenvalue weighted by atomic mass is 16.2. The predicted octanol–water partition coefficient (Wildman–Crippen LogP) is 0.821. The number of rotatable bonds is 0. The molecule has 0 radical (unpaired) electrons. The van der Waals surface area contributed by atoms with Crippen molar-refractivity contribution in [2.75, 3.05) is 18.4 Å². The van der Waals surface area contributed by atoms with Gasteiger partial charge >= 0.3 is 0 Å². The van der Waals surface area contributed by atoms with Crippen LogP contribution in [0, 0.1) is 0 Å². The van der Waals surface area contributed by atoms with Gasteiger partial charge in [0.1, 0.15) is 5.82 Å². The number of aromatic nitrogens is 1. The van der Waals surface area contributed by atoms with Crippen LogP contribution in [0.3, 0.4) is 0 Å². The second kappa shape index (κ2) is 3.42. The first kappa shape index (κ1) is 9.54. The van der Waals surface area contributed by atoms with Crippen molar-refractivity contribution in [3.63, 3.8) is 0 Å². The normalized spacial score (nSPS) is 27.6. The lowest BCUT2D eigenvalue weighted by atomic mass is 9.79. The van der Waals surface area contributed by atoms with Crippen molar-refractivity contribution in [1.82, 2.24) is 10.3 Å². The first-order valence-electron chi connectivity index (χ1n) is 5.46. The fourth-order valence-corrected chi connectivity index (χ4v) is 2.43. The first-order chi connectivity index (χ1) is 7.83. The number of nitrogens with zero attached hydrogens (tertiary/aromatic N) is 1. The topological polar surface area (TPSA) is 54.0 Å². The van der Waals surface area contributed by atoms with Crippen molar-refractivity contribution < 1.29 is 4.79 Å². The zero-order valence-electron chi connectivity index (χ0n) is 8.86. The van der Waals surface area contributed by atoms with Gasteiger partial charge in [0.15, 0.2) is 0 Å². The van der Waals surface area contributed by atoms with Crippen molar-refractivity contribution in [1.29, 1.82) is 0 Å². The summed E-state index contributed by atoms with van der Waals surface area (Å²) < 4.78 is 0. The second-order valence-corrected chi connectivity index (χ2v) is 4.24. The molecule has 3 heterocycles. The van der Waals surface area contributed by atoms with E-state index in [-0.39, 0.29) is 5.91 Å². The molecule has 1 unspecified atom stereocenters. The Labute approximate surface area is 93.8 Å². The summed E-state index contributed by atoms with van der Waals surface area (Å²) in [6, 6.07) is 3.87. The predicted molar refractivity (Wildman–Crippen MR) is 61.2 cm³/mol. The van der Waals surface area contributed by atoms with E-state index in [1.54, 1.807) is 6.20 Å². The van der Waals surface area contributed by atoms with Crippen LogP contribution >= 0.6 is 0 Å². The van der Waals surface area contributed by atoms with E-state index in [2.05, 4.69) is 27.8 Å². The summed E-state index contributed by atoms with van der Waals surface area (Å²) in [7, 11) is 0. The molecular formula is C12H13N3O. The van der Waals surface area contributed by atoms with Crippen LogP contribution in [0.15, 0.2) is 30.5 Å². The van der Waals surface area contributed by atoms with E-state index >= 15 is 0 Å². The van der Waals surface area contributed by atoms with Crippen LogP contribution in [0.1, 0.15) is 12.0 Å². The van der Waals surface area contributed by atoms with Gasteiger partial charge in [0.25, 0.3) is 0 Å². The van der Waals surface area contributed by atoms with Crippen molar-refractivity contribution in [2.24, 2.45) is 0 Å². The average Bonchev–Trinajstić information content (AvgIpc) is 2.49. The van der Waals surface area contributed by atoms with Crippen LogP contribution in [-0.4, -0.2) is 24.0 Å². The first-order valence-corrected chi connectivity index (χ1v) is 5.46. The molecule has 0 fully saturated rings. The van der Waals surface area contributed by atoms with Gasteiger partial charge in [-0.2, -0.15) is 0 Å². The number of pyridine rings is 1. The van der Waals surface area contributed by atoms with Crippen molar-refractivity contribution in [3.8, 4) is 0 Å². The molecule has 2 aliphatic heterocycles. The number of carbonyl (C=O) groups excluding carboxylic acids is 1. The van der Waals surface area contributed by atoms with Crippen molar-refractivity contribution in [3.05, 3.63) is 36.0 Å². The van der Waals surface area contributed by atoms with Gasteiger partial charge < -0.3 is 10.6 Å². The molecule has 4 heteroatoms. The molecule has 1 atom stereocenters. The lowest BCUT2D eigenvalue weighted by Crippen LogP contribution is -2.42. The van der Waals surface area contributed by atoms with E-state index in [1.165, 1.54) is 0 Å². The highest BCUT2D eigenvalue weighted by Gasteiger charge is 2.46. The van der Waals surface area contributed by atoms with E-state index in [4.69, 9.17) is 0 Å². The van der Waals surface area contributed by atoms with E-state index in [0.29, 0.717) is 12.4 Å². The monoisotopic (exact) mass is 215 g/mol. The van der Waals surface area contributed by atoms with Crippen LogP contribution < -0.4 is 10.6 Å². The highest BCUT2D eigenvalue weighted by Crippen LogP contribution is 2.39. The van der Waals surface area contributed by atoms with Crippen LogP contribution in [0.2, 0.25) is 0 Å². The largest absolute Gasteiger partial charge is 0.312 e. The molecule has 3 rings (SSSR count). The molecular weight excluding hydrogens is 202 g/mol. The molecule has 0 aliphatic carbocycles. The molecule has 16 heavy (non-hydrogen) atoms. The highest BCUT2D eigenvalue weighted by molar-refractivity contribution is 6.05. The molecule has 0 saturated heterocycles. The molecule has 1 spiro atoms. The molecule has 4 nitrogen and oxygen atoms in total. The molecule has 2 N–H and O–H groups in total. The second-order valence-electron chi connectivity index (χ2n) is 4.24. The third-order valence-corrected chi connectivity index (χ3v) is 3.31. The van der Waals surface area contributed by atoms with Gasteiger partial charge in [-0.3, -0.25) is 4.79 Å². The Bertz CT molecular complexity index is 469. The molecule has 82 valence electrons. The van der Waals surface area contributed by atoms with Crippen LogP contribution in [0.4, 0.5) is 5.82 Å². The summed E-state index contributed by atoms with van der Waals surface area (Å²) in [5.41, 5.74) is 0.551. The summed E-state index contributed by atoms with van der Waals surface area (Å²) in [4.78, 5) is 16.3. The molecule has 1 amide bonds. The minimum atomic E-state index is -0.462. The zero-order chi connectivity index (χ0) is 11.0. The Morgan fingerprint density at radius 1 is 1.38 bits per heavy atom. The lowest BCUT2D eigenvalue weighted by molar-refractivity contribution is -0.120. The number of hydrogen-bond donors (Lipinski definition) is 2. The zero-order valence-corrected chi connectivity index (χ0v) is 8.86. The van der Waals surface area contributed by atoms with Crippen molar-refractivity contribution in [2.45, 2.75) is 11.8 Å². The number of nitrogens with one attached hydrogen (secondary N) is 2. The van der Waals surface area contributed by atoms with Gasteiger partial charge in [-0.15, -0.1) is 0 Å². The van der Waals surface area contributed by atoms with Crippen molar-refractivity contribution >= 4 is 11.7 Å². The quantitative estimate of drug-likeness (QED) is 0.630. The number of carbonyl (C=O) groups is 1. The fraction of sp³-hybridized carbons (Fsp3) is 0.333. The van der Waals surface area contributed by atoms with E-state index < -0.39 is 5.41 Å². The van der Waals surface area contributed by atoms with Gasteiger partial charge in [-0.05, 0) is 12.5 Å². The molecule has 1 aromatic heterocycles. The Hall–Kier alpha value is -1.68. The molecule has 0 bridgehead atoms. The van der Waals surface area contributed by atoms with Crippen LogP contribution in [0.5, 0.6) is 0 Å². The number of allylic oxidation sites excluding steroid dienone is 1. The summed E-state index contributed by atoms with van der Waals surface area (Å²) >= 11 is 0. The Balaban J connectivity index is 2.12. The van der Waals surface area contributed by atoms with Crippen LogP contribution in [-0.2, 0) is 10.2 Å². The van der Waals surface area contributed by atoms with Gasteiger partial charge in [-0.25, -0.2) is 4.98 Å². The van der Waals surface area contributed by atoms with E-state index in [9.17, 15) is 4.79 Å². The van der Waals surface area contributed by atoms with Gasteiger partial charge in [0.2, 0.25) is 5.91 Å². The number of hydrogen-bond acceptors (Lipinski definition) is 3. The Morgan fingerprint density at radius 2 is 2.31 bits per heavy atom. The lowest BCUT2D eigenvalue weighted by Gasteiger charge is -2.24. The third kappa shape index (κ3) is 1.20. The molecule has 1 aromatic rings. The number of fused-ring (bicyclic) bond motifs is 2. The summed E-state index contributed by atoms with van der Waals surface area (Å²) in [5.74, 6) is 0.768. The Morgan fingerprint density at radius 3 is 3.25 bits per heavy atom. The molecule has 2 aliphatic rings. The summed E-state index contributed by atoms with van der Waals surface area (Å²) in [6.07, 6.45) is 6.58. The maximum absolute atomic E-state index is 12.1. The third-order valence-electron chi connectivity index (χ3n) is 3.31. The molecule has 0 aromatic carbocycles. The van der Waals surface area contributed by atoms with Crippen LogP contribution in [0.25, 0.3) is 0 Å². The average molecular weight is 215 g/mol. The van der Waals surface area contributed by atoms with Gasteiger partial charge in [0, 0.05) is 24.8 Å². The summed E-state index contributed by atoms with van der Waals surface area (Å²) in [6.45, 7) is 1.50. The minimum Gasteiger partial charge on any atom is -0.312 e. The molecule has 0 saturated carbocycles. The van der Waals surface area contributed by atoms with Gasteiger partial charge in [0.05, 0.1) is 5.41 Å². The van der Waals surface area contributed by atoms with Gasteiger partial charge in [-0.1, -0.05) is 18.2 Å². The maximum atomic E-state index is 12.1. The SMILES string of the molecule is O=C1Nc2ncccc2C12CC=CCNC2. The van der Waals surface area contributed by atoms with E-state index in [0.717, 1.165) is 18.5 Å². The smallest absolute Gasteiger partial charge is 0.237 e. The Kier molecular flexibility index (Phi) is 2.04. The standard InChI is InChI=1S/C12H13N3O/c16-11-12(5-1-2-6-13-8-12)9-4-3-7-14-10(9)15-11/h1-4,7,13H,5-6,8H2,(H,14,15,16). The minimum absolute atomic E-state index is 0.0558. The number of amides is 1.